The Kier molecular flexibility index (Phi) is 5.07. The van der Waals surface area contributed by atoms with Crippen molar-refractivity contribution >= 4 is 17.2 Å². The molecule has 0 saturated carbocycles. The zero-order chi connectivity index (χ0) is 16.2. The minimum atomic E-state index is 0.0614. The second-order valence-electron chi connectivity index (χ2n) is 5.80. The van der Waals surface area contributed by atoms with Gasteiger partial charge in [-0.2, -0.15) is 0 Å². The average molecular weight is 333 g/mol. The van der Waals surface area contributed by atoms with E-state index in [0.29, 0.717) is 5.69 Å². The van der Waals surface area contributed by atoms with E-state index >= 15 is 0 Å². The molecular weight excluding hydrogens is 310 g/mol. The molecule has 23 heavy (non-hydrogen) atoms. The van der Waals surface area contributed by atoms with Crippen LogP contribution in [0.15, 0.2) is 17.8 Å². The minimum Gasteiger partial charge on any atom is -0.336 e. The van der Waals surface area contributed by atoms with Crippen LogP contribution in [0.2, 0.25) is 0 Å². The maximum atomic E-state index is 12.5. The van der Waals surface area contributed by atoms with Crippen LogP contribution >= 0.6 is 11.3 Å². The smallest absolute Gasteiger partial charge is 0.273 e. The van der Waals surface area contributed by atoms with E-state index in [1.165, 1.54) is 11.3 Å². The van der Waals surface area contributed by atoms with Gasteiger partial charge in [0.2, 0.25) is 0 Å². The first-order chi connectivity index (χ1) is 11.2. The fraction of sp³-hybridized carbons (Fsp3) is 0.562. The van der Waals surface area contributed by atoms with E-state index in [1.807, 2.05) is 29.6 Å². The highest BCUT2D eigenvalue weighted by atomic mass is 32.1. The molecule has 1 amide bonds. The highest BCUT2D eigenvalue weighted by Gasteiger charge is 2.22. The molecule has 124 valence electrons. The third kappa shape index (κ3) is 3.79. The van der Waals surface area contributed by atoms with Crippen molar-refractivity contribution in [2.24, 2.45) is 0 Å². The number of amides is 1. The fourth-order valence-electron chi connectivity index (χ4n) is 2.94. The Morgan fingerprint density at radius 1 is 1.30 bits per heavy atom. The van der Waals surface area contributed by atoms with Crippen LogP contribution in [0.25, 0.3) is 0 Å². The Balaban J connectivity index is 1.60. The van der Waals surface area contributed by atoms with E-state index in [2.05, 4.69) is 26.4 Å². The van der Waals surface area contributed by atoms with Gasteiger partial charge in [0.05, 0.1) is 11.6 Å². The van der Waals surface area contributed by atoms with E-state index in [0.717, 1.165) is 56.5 Å². The van der Waals surface area contributed by atoms with Gasteiger partial charge in [-0.1, -0.05) is 0 Å². The fourth-order valence-corrected chi connectivity index (χ4v) is 3.52. The number of hydrogen-bond donors (Lipinski definition) is 0. The van der Waals surface area contributed by atoms with Crippen molar-refractivity contribution in [2.45, 2.75) is 33.4 Å². The summed E-state index contributed by atoms with van der Waals surface area (Å²) in [7, 11) is 0. The van der Waals surface area contributed by atoms with Gasteiger partial charge in [0, 0.05) is 50.5 Å². The quantitative estimate of drug-likeness (QED) is 0.859. The first kappa shape index (κ1) is 16.1. The molecule has 2 aromatic rings. The molecule has 1 aliphatic heterocycles. The van der Waals surface area contributed by atoms with Crippen molar-refractivity contribution in [2.75, 3.05) is 26.2 Å². The average Bonchev–Trinajstić information content (AvgIpc) is 3.11. The van der Waals surface area contributed by atoms with Gasteiger partial charge in [0.25, 0.3) is 5.91 Å². The van der Waals surface area contributed by atoms with Crippen molar-refractivity contribution in [3.8, 4) is 0 Å². The van der Waals surface area contributed by atoms with Crippen LogP contribution in [-0.4, -0.2) is 56.4 Å². The lowest BCUT2D eigenvalue weighted by atomic mass is 10.3. The van der Waals surface area contributed by atoms with Gasteiger partial charge in [-0.05, 0) is 20.3 Å². The third-order valence-corrected chi connectivity index (χ3v) is 4.99. The van der Waals surface area contributed by atoms with Crippen LogP contribution in [0.4, 0.5) is 0 Å². The largest absolute Gasteiger partial charge is 0.336 e. The van der Waals surface area contributed by atoms with Gasteiger partial charge in [-0.15, -0.1) is 11.3 Å². The predicted molar refractivity (Wildman–Crippen MR) is 90.5 cm³/mol. The first-order valence-electron chi connectivity index (χ1n) is 8.11. The molecule has 0 radical (unpaired) electrons. The van der Waals surface area contributed by atoms with Crippen LogP contribution in [0, 0.1) is 6.92 Å². The zero-order valence-electron chi connectivity index (χ0n) is 13.7. The highest BCUT2D eigenvalue weighted by Crippen LogP contribution is 2.13. The molecule has 7 heteroatoms. The molecule has 0 unspecified atom stereocenters. The molecule has 3 rings (SSSR count). The van der Waals surface area contributed by atoms with Crippen LogP contribution in [0.3, 0.4) is 0 Å². The van der Waals surface area contributed by atoms with Gasteiger partial charge in [0.15, 0.2) is 0 Å². The lowest BCUT2D eigenvalue weighted by Gasteiger charge is -2.21. The van der Waals surface area contributed by atoms with Crippen LogP contribution in [0.5, 0.6) is 0 Å². The van der Waals surface area contributed by atoms with Crippen molar-refractivity contribution in [3.05, 3.63) is 34.3 Å². The summed E-state index contributed by atoms with van der Waals surface area (Å²) in [4.78, 5) is 25.6. The minimum absolute atomic E-state index is 0.0614. The number of carbonyl (C=O) groups excluding carboxylic acids is 1. The number of carbonyl (C=O) groups is 1. The highest BCUT2D eigenvalue weighted by molar-refractivity contribution is 7.09. The van der Waals surface area contributed by atoms with Crippen molar-refractivity contribution in [1.82, 2.24) is 24.3 Å². The number of hydrogen-bond acceptors (Lipinski definition) is 5. The lowest BCUT2D eigenvalue weighted by Crippen LogP contribution is -2.35. The van der Waals surface area contributed by atoms with E-state index in [4.69, 9.17) is 0 Å². The summed E-state index contributed by atoms with van der Waals surface area (Å²) in [5, 5.41) is 2.80. The molecule has 1 aliphatic rings. The summed E-state index contributed by atoms with van der Waals surface area (Å²) in [6, 6.07) is 0. The first-order valence-corrected chi connectivity index (χ1v) is 8.99. The summed E-state index contributed by atoms with van der Waals surface area (Å²) in [6.07, 6.45) is 4.87. The molecule has 1 fully saturated rings. The molecule has 0 aromatic carbocycles. The Bertz CT molecular complexity index is 665. The van der Waals surface area contributed by atoms with E-state index < -0.39 is 0 Å². The van der Waals surface area contributed by atoms with Crippen LogP contribution in [-0.2, 0) is 13.1 Å². The molecule has 0 N–H and O–H groups in total. The molecule has 0 atom stereocenters. The van der Waals surface area contributed by atoms with Crippen molar-refractivity contribution in [3.63, 3.8) is 0 Å². The molecule has 0 spiro atoms. The molecule has 3 heterocycles. The summed E-state index contributed by atoms with van der Waals surface area (Å²) < 4.78 is 2.17. The van der Waals surface area contributed by atoms with E-state index in [-0.39, 0.29) is 5.91 Å². The molecule has 0 bridgehead atoms. The molecule has 0 aliphatic carbocycles. The van der Waals surface area contributed by atoms with Crippen molar-refractivity contribution in [1.29, 1.82) is 0 Å². The number of aromatic nitrogens is 3. The Labute approximate surface area is 140 Å². The normalized spacial score (nSPS) is 16.5. The number of thiazole rings is 1. The summed E-state index contributed by atoms with van der Waals surface area (Å²) in [6.45, 7) is 9.28. The second kappa shape index (κ2) is 7.23. The summed E-state index contributed by atoms with van der Waals surface area (Å²) >= 11 is 1.53. The lowest BCUT2D eigenvalue weighted by molar-refractivity contribution is 0.0755. The van der Waals surface area contributed by atoms with Gasteiger partial charge < -0.3 is 9.47 Å². The van der Waals surface area contributed by atoms with E-state index in [1.54, 1.807) is 0 Å². The molecule has 1 saturated heterocycles. The summed E-state index contributed by atoms with van der Waals surface area (Å²) in [5.41, 5.74) is 0.586. The number of aryl methyl sites for hydroxylation is 2. The monoisotopic (exact) mass is 333 g/mol. The van der Waals surface area contributed by atoms with Gasteiger partial charge in [-0.25, -0.2) is 9.97 Å². The number of imidazole rings is 1. The Morgan fingerprint density at radius 2 is 2.17 bits per heavy atom. The van der Waals surface area contributed by atoms with Gasteiger partial charge >= 0.3 is 0 Å². The van der Waals surface area contributed by atoms with Crippen LogP contribution < -0.4 is 0 Å². The Morgan fingerprint density at radius 3 is 2.91 bits per heavy atom. The maximum absolute atomic E-state index is 12.5. The topological polar surface area (TPSA) is 54.3 Å². The third-order valence-electron chi connectivity index (χ3n) is 4.22. The zero-order valence-corrected chi connectivity index (χ0v) is 14.6. The second-order valence-corrected chi connectivity index (χ2v) is 6.87. The molecule has 6 nitrogen and oxygen atoms in total. The van der Waals surface area contributed by atoms with Gasteiger partial charge in [0.1, 0.15) is 11.5 Å². The predicted octanol–water partition coefficient (Wildman–Crippen LogP) is 2.02. The SMILES string of the molecule is CCn1ccnc1CN1CCCN(C(=O)c2csc(C)n2)CC1. The maximum Gasteiger partial charge on any atom is 0.273 e. The van der Waals surface area contributed by atoms with Crippen LogP contribution in [0.1, 0.15) is 34.7 Å². The van der Waals surface area contributed by atoms with Crippen molar-refractivity contribution < 1.29 is 4.79 Å². The number of rotatable bonds is 4. The summed E-state index contributed by atoms with van der Waals surface area (Å²) in [5.74, 6) is 1.16. The van der Waals surface area contributed by atoms with Gasteiger partial charge in [-0.3, -0.25) is 9.69 Å². The van der Waals surface area contributed by atoms with E-state index in [9.17, 15) is 4.79 Å². The number of nitrogens with zero attached hydrogens (tertiary/aromatic N) is 5. The molecule has 2 aromatic heterocycles. The Hall–Kier alpha value is -1.73. The standard InChI is InChI=1S/C16H23N5OS/c1-3-20-8-5-17-15(20)11-19-6-4-7-21(10-9-19)16(22)14-12-23-13(2)18-14/h5,8,12H,3-4,6-7,9-11H2,1-2H3. The molecular formula is C16H23N5OS.